The summed E-state index contributed by atoms with van der Waals surface area (Å²) >= 11 is 0. The van der Waals surface area contributed by atoms with E-state index < -0.39 is 49.5 Å². The maximum atomic E-state index is 13.0. The molecule has 57 heavy (non-hydrogen) atoms. The first kappa shape index (κ1) is 54.2. The quantitative estimate of drug-likeness (QED) is 0.0334. The average Bonchev–Trinajstić information content (AvgIpc) is 3.21. The molecule has 0 aromatic carbocycles. The molecule has 0 spiro atoms. The summed E-state index contributed by atoms with van der Waals surface area (Å²) < 4.78 is 11.3. The van der Waals surface area contributed by atoms with E-state index in [0.29, 0.717) is 12.8 Å². The van der Waals surface area contributed by atoms with Gasteiger partial charge in [0.05, 0.1) is 25.4 Å². The molecule has 0 aromatic rings. The zero-order chi connectivity index (χ0) is 41.6. The van der Waals surface area contributed by atoms with Gasteiger partial charge in [-0.25, -0.2) is 0 Å². The van der Waals surface area contributed by atoms with Gasteiger partial charge >= 0.3 is 0 Å². The lowest BCUT2D eigenvalue weighted by Gasteiger charge is -2.40. The second-order valence-electron chi connectivity index (χ2n) is 17.6. The minimum Gasteiger partial charge on any atom is -0.394 e. The number of unbranched alkanes of at least 4 members (excludes halogenated alkanes) is 32. The number of carbonyl (C=O) groups excluding carboxylic acids is 1. The van der Waals surface area contributed by atoms with E-state index in [1.54, 1.807) is 0 Å². The first-order valence-corrected chi connectivity index (χ1v) is 24.7. The third-order valence-corrected chi connectivity index (χ3v) is 12.2. The Morgan fingerprint density at radius 1 is 0.526 bits per heavy atom. The van der Waals surface area contributed by atoms with E-state index in [1.807, 2.05) is 0 Å². The molecule has 1 rings (SSSR count). The molecule has 9 nitrogen and oxygen atoms in total. The molecule has 1 aliphatic rings. The Morgan fingerprint density at radius 3 is 1.25 bits per heavy atom. The number of hydrogen-bond acceptors (Lipinski definition) is 8. The molecule has 0 saturated carbocycles. The molecule has 1 fully saturated rings. The molecule has 9 heteroatoms. The highest BCUT2D eigenvalue weighted by molar-refractivity contribution is 5.76. The molecule has 0 aromatic heterocycles. The first-order chi connectivity index (χ1) is 27.8. The molecule has 1 aliphatic heterocycles. The van der Waals surface area contributed by atoms with Crippen LogP contribution in [0.2, 0.25) is 0 Å². The monoisotopic (exact) mass is 814 g/mol. The molecule has 7 atom stereocenters. The van der Waals surface area contributed by atoms with E-state index >= 15 is 0 Å². The summed E-state index contributed by atoms with van der Waals surface area (Å²) in [4.78, 5) is 13.0. The molecule has 0 unspecified atom stereocenters. The standard InChI is InChI=1S/C48H95NO8/c1-3-5-7-9-11-13-15-17-18-19-20-21-22-23-24-26-28-30-32-34-36-38-44(52)49-41(40-56-48-47(55)46(54)45(53)43(39-50)57-48)42(51)37-35-33-31-29-27-25-16-14-12-10-8-6-4-2/h41-43,45-48,50-51,53-55H,3-40H2,1-2H3,(H,49,52)/t41-,42+,43-,45-,46-,47-,48-/m0/s1. The number of rotatable bonds is 42. The largest absolute Gasteiger partial charge is 0.394 e. The van der Waals surface area contributed by atoms with Crippen molar-refractivity contribution >= 4 is 5.91 Å². The Labute approximate surface area is 351 Å². The third-order valence-electron chi connectivity index (χ3n) is 12.2. The predicted molar refractivity (Wildman–Crippen MR) is 235 cm³/mol. The Balaban J connectivity index is 2.24. The van der Waals surface area contributed by atoms with Crippen molar-refractivity contribution < 1.29 is 39.8 Å². The Bertz CT molecular complexity index is 862. The molecule has 1 saturated heterocycles. The van der Waals surface area contributed by atoms with Gasteiger partial charge in [-0.2, -0.15) is 0 Å². The smallest absolute Gasteiger partial charge is 0.220 e. The fourth-order valence-electron chi connectivity index (χ4n) is 8.22. The number of hydrogen-bond donors (Lipinski definition) is 6. The highest BCUT2D eigenvalue weighted by atomic mass is 16.7. The lowest BCUT2D eigenvalue weighted by atomic mass is 9.99. The van der Waals surface area contributed by atoms with Crippen LogP contribution < -0.4 is 5.32 Å². The van der Waals surface area contributed by atoms with Crippen LogP contribution >= 0.6 is 0 Å². The van der Waals surface area contributed by atoms with E-state index in [4.69, 9.17) is 9.47 Å². The van der Waals surface area contributed by atoms with Crippen molar-refractivity contribution in [3.05, 3.63) is 0 Å². The summed E-state index contributed by atoms with van der Waals surface area (Å²) in [5.74, 6) is -0.139. The minimum atomic E-state index is -1.55. The summed E-state index contributed by atoms with van der Waals surface area (Å²) in [6.07, 6.45) is 36.8. The van der Waals surface area contributed by atoms with Crippen molar-refractivity contribution in [3.8, 4) is 0 Å². The van der Waals surface area contributed by atoms with Gasteiger partial charge in [0, 0.05) is 6.42 Å². The van der Waals surface area contributed by atoms with Gasteiger partial charge in [0.1, 0.15) is 24.4 Å². The molecular formula is C48H95NO8. The van der Waals surface area contributed by atoms with Gasteiger partial charge in [0.25, 0.3) is 0 Å². The molecular weight excluding hydrogens is 719 g/mol. The highest BCUT2D eigenvalue weighted by Gasteiger charge is 2.44. The molecule has 0 radical (unpaired) electrons. The summed E-state index contributed by atoms with van der Waals surface area (Å²) in [7, 11) is 0. The molecule has 0 aliphatic carbocycles. The summed E-state index contributed by atoms with van der Waals surface area (Å²) in [6, 6.07) is -0.711. The van der Waals surface area contributed by atoms with Crippen molar-refractivity contribution in [2.75, 3.05) is 13.2 Å². The van der Waals surface area contributed by atoms with Crippen LogP contribution in [0.15, 0.2) is 0 Å². The fraction of sp³-hybridized carbons (Fsp3) is 0.979. The van der Waals surface area contributed by atoms with E-state index in [-0.39, 0.29) is 12.5 Å². The second kappa shape index (κ2) is 39.3. The summed E-state index contributed by atoms with van der Waals surface area (Å²) in [6.45, 7) is 3.85. The Kier molecular flexibility index (Phi) is 37.4. The molecule has 1 heterocycles. The van der Waals surface area contributed by atoms with Crippen molar-refractivity contribution in [2.45, 2.75) is 288 Å². The number of aliphatic hydroxyl groups is 5. The van der Waals surface area contributed by atoms with Gasteiger partial charge in [-0.3, -0.25) is 4.79 Å². The van der Waals surface area contributed by atoms with Crippen LogP contribution in [0.5, 0.6) is 0 Å². The average molecular weight is 814 g/mol. The van der Waals surface area contributed by atoms with Gasteiger partial charge in [0.2, 0.25) is 5.91 Å². The molecule has 0 bridgehead atoms. The molecule has 1 amide bonds. The predicted octanol–water partition coefficient (Wildman–Crippen LogP) is 10.7. The van der Waals surface area contributed by atoms with Gasteiger partial charge in [-0.1, -0.05) is 226 Å². The lowest BCUT2D eigenvalue weighted by molar-refractivity contribution is -0.302. The number of ether oxygens (including phenoxy) is 2. The van der Waals surface area contributed by atoms with E-state index in [0.717, 1.165) is 38.5 Å². The van der Waals surface area contributed by atoms with Crippen LogP contribution in [-0.4, -0.2) is 87.5 Å². The maximum Gasteiger partial charge on any atom is 0.220 e. The molecule has 6 N–H and O–H groups in total. The van der Waals surface area contributed by atoms with Gasteiger partial charge in [-0.05, 0) is 12.8 Å². The van der Waals surface area contributed by atoms with Crippen LogP contribution in [0.4, 0.5) is 0 Å². The van der Waals surface area contributed by atoms with Crippen LogP contribution in [0.1, 0.15) is 245 Å². The number of amides is 1. The fourth-order valence-corrected chi connectivity index (χ4v) is 8.22. The topological polar surface area (TPSA) is 149 Å². The van der Waals surface area contributed by atoms with Crippen molar-refractivity contribution in [3.63, 3.8) is 0 Å². The maximum absolute atomic E-state index is 13.0. The minimum absolute atomic E-state index is 0.132. The van der Waals surface area contributed by atoms with Crippen LogP contribution in [-0.2, 0) is 14.3 Å². The SMILES string of the molecule is CCCCCCCCCCCCCCCCCCCCCCCC(=O)N[C@@H](CO[C@H]1O[C@@H](CO)[C@H](O)[C@H](O)[C@@H]1O)[C@H](O)CCCCCCCCCCCCCCC. The van der Waals surface area contributed by atoms with Crippen LogP contribution in [0, 0.1) is 0 Å². The van der Waals surface area contributed by atoms with Crippen LogP contribution in [0.25, 0.3) is 0 Å². The lowest BCUT2D eigenvalue weighted by Crippen LogP contribution is -2.60. The zero-order valence-electron chi connectivity index (χ0n) is 37.4. The van der Waals surface area contributed by atoms with Gasteiger partial charge in [-0.15, -0.1) is 0 Å². The highest BCUT2D eigenvalue weighted by Crippen LogP contribution is 2.23. The Morgan fingerprint density at radius 2 is 0.877 bits per heavy atom. The van der Waals surface area contributed by atoms with Gasteiger partial charge in [0.15, 0.2) is 6.29 Å². The second-order valence-corrected chi connectivity index (χ2v) is 17.6. The van der Waals surface area contributed by atoms with Crippen LogP contribution in [0.3, 0.4) is 0 Å². The van der Waals surface area contributed by atoms with E-state index in [1.165, 1.54) is 180 Å². The first-order valence-electron chi connectivity index (χ1n) is 24.7. The van der Waals surface area contributed by atoms with Crippen molar-refractivity contribution in [1.82, 2.24) is 5.32 Å². The molecule has 340 valence electrons. The number of nitrogens with one attached hydrogen (secondary N) is 1. The third kappa shape index (κ3) is 30.0. The number of carbonyl (C=O) groups is 1. The Hall–Kier alpha value is -0.810. The summed E-state index contributed by atoms with van der Waals surface area (Å²) in [5, 5.41) is 54.4. The number of aliphatic hydroxyl groups excluding tert-OH is 5. The van der Waals surface area contributed by atoms with Gasteiger partial charge < -0.3 is 40.3 Å². The van der Waals surface area contributed by atoms with Crippen molar-refractivity contribution in [2.24, 2.45) is 0 Å². The summed E-state index contributed by atoms with van der Waals surface area (Å²) in [5.41, 5.74) is 0. The van der Waals surface area contributed by atoms with E-state index in [2.05, 4.69) is 19.2 Å². The van der Waals surface area contributed by atoms with Crippen molar-refractivity contribution in [1.29, 1.82) is 0 Å². The zero-order valence-corrected chi connectivity index (χ0v) is 37.4. The normalized spacial score (nSPS) is 20.9. The van der Waals surface area contributed by atoms with E-state index in [9.17, 15) is 30.3 Å².